The summed E-state index contributed by atoms with van der Waals surface area (Å²) in [6.07, 6.45) is 2.08. The predicted molar refractivity (Wildman–Crippen MR) is 90.0 cm³/mol. The average molecular weight is 345 g/mol. The first-order valence-corrected chi connectivity index (χ1v) is 8.89. The van der Waals surface area contributed by atoms with E-state index in [9.17, 15) is 9.59 Å². The Bertz CT molecular complexity index is 731. The Balaban J connectivity index is 1.80. The number of hydrogen-bond donors (Lipinski definition) is 0. The first-order valence-electron chi connectivity index (χ1n) is 8.89. The third-order valence-electron chi connectivity index (χ3n) is 5.78. The van der Waals surface area contributed by atoms with Gasteiger partial charge in [0.25, 0.3) is 0 Å². The molecule has 3 aliphatic rings. The highest BCUT2D eigenvalue weighted by atomic mass is 16.6. The molecule has 0 unspecified atom stereocenters. The van der Waals surface area contributed by atoms with Gasteiger partial charge in [0.1, 0.15) is 11.9 Å². The monoisotopic (exact) mass is 345 g/mol. The molecule has 4 rings (SSSR count). The summed E-state index contributed by atoms with van der Waals surface area (Å²) in [5.74, 6) is 1.70. The van der Waals surface area contributed by atoms with Crippen LogP contribution in [0.15, 0.2) is 12.1 Å². The molecule has 0 aromatic heterocycles. The van der Waals surface area contributed by atoms with Crippen molar-refractivity contribution in [3.63, 3.8) is 0 Å². The Morgan fingerprint density at radius 1 is 1.40 bits per heavy atom. The van der Waals surface area contributed by atoms with E-state index < -0.39 is 0 Å². The van der Waals surface area contributed by atoms with Crippen LogP contribution in [0.25, 0.3) is 0 Å². The largest absolute Gasteiger partial charge is 0.493 e. The van der Waals surface area contributed by atoms with Gasteiger partial charge in [-0.1, -0.05) is 6.07 Å². The summed E-state index contributed by atoms with van der Waals surface area (Å²) in [6.45, 7) is 3.27. The van der Waals surface area contributed by atoms with Gasteiger partial charge in [-0.05, 0) is 31.4 Å². The molecule has 1 saturated carbocycles. The second-order valence-electron chi connectivity index (χ2n) is 7.01. The number of nitrogens with zero attached hydrogens (tertiary/aromatic N) is 1. The molecule has 1 amide bonds. The minimum absolute atomic E-state index is 0.166. The van der Waals surface area contributed by atoms with E-state index in [4.69, 9.17) is 14.2 Å². The van der Waals surface area contributed by atoms with Crippen molar-refractivity contribution in [2.45, 2.75) is 50.7 Å². The summed E-state index contributed by atoms with van der Waals surface area (Å²) in [4.78, 5) is 26.1. The maximum absolute atomic E-state index is 12.3. The van der Waals surface area contributed by atoms with Gasteiger partial charge in [0.15, 0.2) is 11.5 Å². The molecule has 0 N–H and O–H groups in total. The Hall–Kier alpha value is -2.24. The summed E-state index contributed by atoms with van der Waals surface area (Å²) in [7, 11) is 1.63. The second-order valence-corrected chi connectivity index (χ2v) is 7.01. The molecule has 2 aliphatic heterocycles. The Labute approximate surface area is 147 Å². The number of Topliss-reactive ketones (excluding diaryl/α,β-unsaturated/α-hetero) is 1. The molecule has 25 heavy (non-hydrogen) atoms. The van der Waals surface area contributed by atoms with Crippen molar-refractivity contribution in [1.82, 2.24) is 4.90 Å². The van der Waals surface area contributed by atoms with Crippen molar-refractivity contribution in [3.8, 4) is 11.5 Å². The maximum atomic E-state index is 12.3. The van der Waals surface area contributed by atoms with Crippen LogP contribution in [0.3, 0.4) is 0 Å². The highest BCUT2D eigenvalue weighted by Gasteiger charge is 2.55. The van der Waals surface area contributed by atoms with Gasteiger partial charge in [-0.15, -0.1) is 0 Å². The van der Waals surface area contributed by atoms with Crippen molar-refractivity contribution >= 4 is 11.9 Å². The van der Waals surface area contributed by atoms with Gasteiger partial charge < -0.3 is 19.1 Å². The summed E-state index contributed by atoms with van der Waals surface area (Å²) in [5, 5.41) is 0. The molecule has 2 atom stereocenters. The van der Waals surface area contributed by atoms with Gasteiger partial charge in [0.05, 0.1) is 13.7 Å². The lowest BCUT2D eigenvalue weighted by Gasteiger charge is -2.37. The van der Waals surface area contributed by atoms with Crippen LogP contribution in [-0.4, -0.2) is 43.1 Å². The van der Waals surface area contributed by atoms with E-state index in [-0.39, 0.29) is 23.4 Å². The molecular formula is C19H23NO5. The minimum atomic E-state index is -0.284. The van der Waals surface area contributed by atoms with E-state index >= 15 is 0 Å². The number of benzene rings is 1. The molecule has 1 aliphatic carbocycles. The highest BCUT2D eigenvalue weighted by molar-refractivity contribution is 5.81. The third kappa shape index (κ3) is 2.38. The molecular weight excluding hydrogens is 322 g/mol. The molecule has 2 heterocycles. The lowest BCUT2D eigenvalue weighted by Crippen LogP contribution is -2.45. The van der Waals surface area contributed by atoms with E-state index in [0.29, 0.717) is 38.3 Å². The maximum Gasteiger partial charge on any atom is 0.410 e. The zero-order chi connectivity index (χ0) is 17.6. The quantitative estimate of drug-likeness (QED) is 0.825. The Morgan fingerprint density at radius 2 is 2.24 bits per heavy atom. The molecule has 1 aromatic rings. The molecule has 0 saturated heterocycles. The van der Waals surface area contributed by atoms with Crippen LogP contribution >= 0.6 is 0 Å². The zero-order valence-electron chi connectivity index (χ0n) is 14.7. The molecule has 134 valence electrons. The number of hydrogen-bond acceptors (Lipinski definition) is 5. The molecule has 0 bridgehead atoms. The molecule has 0 radical (unpaired) electrons. The second kappa shape index (κ2) is 5.93. The van der Waals surface area contributed by atoms with Crippen molar-refractivity contribution < 1.29 is 23.8 Å². The normalized spacial score (nSPS) is 27.0. The fourth-order valence-corrected chi connectivity index (χ4v) is 4.57. The van der Waals surface area contributed by atoms with Crippen molar-refractivity contribution in [1.29, 1.82) is 0 Å². The van der Waals surface area contributed by atoms with Gasteiger partial charge in [0, 0.05) is 36.9 Å². The van der Waals surface area contributed by atoms with Crippen molar-refractivity contribution in [2.75, 3.05) is 20.3 Å². The molecule has 6 nitrogen and oxygen atoms in total. The fraction of sp³-hybridized carbons (Fsp3) is 0.579. The smallest absolute Gasteiger partial charge is 0.410 e. The first-order chi connectivity index (χ1) is 12.1. The van der Waals surface area contributed by atoms with Crippen LogP contribution in [-0.2, 0) is 21.5 Å². The van der Waals surface area contributed by atoms with Crippen LogP contribution in [0.4, 0.5) is 4.79 Å². The number of carbonyl (C=O) groups excluding carboxylic acids is 2. The van der Waals surface area contributed by atoms with Gasteiger partial charge in [0.2, 0.25) is 0 Å². The van der Waals surface area contributed by atoms with Gasteiger partial charge >= 0.3 is 6.09 Å². The lowest BCUT2D eigenvalue weighted by atomic mass is 9.65. The fourth-order valence-electron chi connectivity index (χ4n) is 4.57. The summed E-state index contributed by atoms with van der Waals surface area (Å²) in [5.41, 5.74) is 1.99. The van der Waals surface area contributed by atoms with E-state index in [1.807, 2.05) is 19.1 Å². The van der Waals surface area contributed by atoms with Gasteiger partial charge in [-0.25, -0.2) is 4.79 Å². The SMILES string of the molecule is CCOC(=O)N1CC[C@@]23CCC(=O)C[C@@H]2Oc2c(OC)ccc(c23)C1. The van der Waals surface area contributed by atoms with Gasteiger partial charge in [-0.3, -0.25) is 4.79 Å². The third-order valence-corrected chi connectivity index (χ3v) is 5.78. The number of ether oxygens (including phenoxy) is 3. The van der Waals surface area contributed by atoms with E-state index in [2.05, 4.69) is 0 Å². The van der Waals surface area contributed by atoms with Crippen LogP contribution in [0.1, 0.15) is 43.7 Å². The van der Waals surface area contributed by atoms with Crippen LogP contribution in [0, 0.1) is 0 Å². The molecule has 1 fully saturated rings. The lowest BCUT2D eigenvalue weighted by molar-refractivity contribution is -0.124. The summed E-state index contributed by atoms with van der Waals surface area (Å²) in [6, 6.07) is 3.90. The zero-order valence-corrected chi connectivity index (χ0v) is 14.7. The minimum Gasteiger partial charge on any atom is -0.493 e. The molecule has 6 heteroatoms. The Kier molecular flexibility index (Phi) is 3.85. The topological polar surface area (TPSA) is 65.1 Å². The summed E-state index contributed by atoms with van der Waals surface area (Å²) >= 11 is 0. The molecule has 1 aromatic carbocycles. The average Bonchev–Trinajstić information content (AvgIpc) is 2.83. The number of ketones is 1. The number of methoxy groups -OCH3 is 1. The standard InChI is InChI=1S/C19H23NO5/c1-3-24-18(22)20-9-8-19-7-6-13(21)10-15(19)25-17-14(23-2)5-4-12(11-20)16(17)19/h4-5,15H,3,6-11H2,1-2H3/t15-,19-/m0/s1. The van der Waals surface area contributed by atoms with Crippen LogP contribution in [0.5, 0.6) is 11.5 Å². The predicted octanol–water partition coefficient (Wildman–Crippen LogP) is 2.81. The first kappa shape index (κ1) is 16.2. The van der Waals surface area contributed by atoms with Crippen LogP contribution < -0.4 is 9.47 Å². The van der Waals surface area contributed by atoms with E-state index in [1.54, 1.807) is 12.0 Å². The van der Waals surface area contributed by atoms with E-state index in [0.717, 1.165) is 29.7 Å². The Morgan fingerprint density at radius 3 is 3.00 bits per heavy atom. The number of rotatable bonds is 2. The molecule has 1 spiro atoms. The number of carbonyl (C=O) groups is 2. The van der Waals surface area contributed by atoms with Gasteiger partial charge in [-0.2, -0.15) is 0 Å². The van der Waals surface area contributed by atoms with E-state index in [1.165, 1.54) is 0 Å². The number of amides is 1. The summed E-state index contributed by atoms with van der Waals surface area (Å²) < 4.78 is 16.9. The van der Waals surface area contributed by atoms with Crippen LogP contribution in [0.2, 0.25) is 0 Å². The highest BCUT2D eigenvalue weighted by Crippen LogP contribution is 2.57. The van der Waals surface area contributed by atoms with Crippen molar-refractivity contribution in [2.24, 2.45) is 0 Å². The van der Waals surface area contributed by atoms with Crippen molar-refractivity contribution in [3.05, 3.63) is 23.3 Å².